The molecule has 1 amide bonds. The fourth-order valence-electron chi connectivity index (χ4n) is 1.40. The van der Waals surface area contributed by atoms with Crippen molar-refractivity contribution in [3.05, 3.63) is 41.3 Å². The van der Waals surface area contributed by atoms with E-state index in [0.717, 1.165) is 5.69 Å². The van der Waals surface area contributed by atoms with E-state index in [4.69, 9.17) is 5.73 Å². The maximum atomic E-state index is 13.2. The van der Waals surface area contributed by atoms with Crippen LogP contribution in [-0.2, 0) is 0 Å². The first-order chi connectivity index (χ1) is 8.08. The van der Waals surface area contributed by atoms with Gasteiger partial charge in [-0.3, -0.25) is 9.89 Å². The number of hydrogen-bond acceptors (Lipinski definition) is 3. The number of carbonyl (C=O) groups excluding carboxylic acids is 1. The van der Waals surface area contributed by atoms with Gasteiger partial charge in [0.2, 0.25) is 0 Å². The van der Waals surface area contributed by atoms with Crippen LogP contribution in [0.5, 0.6) is 0 Å². The second-order valence-corrected chi connectivity index (χ2v) is 3.59. The lowest BCUT2D eigenvalue weighted by molar-refractivity contribution is 0.102. The number of aromatic nitrogens is 2. The van der Waals surface area contributed by atoms with Crippen LogP contribution in [0.1, 0.15) is 16.1 Å². The van der Waals surface area contributed by atoms with Crippen LogP contribution < -0.4 is 11.1 Å². The number of nitrogens with two attached hydrogens (primary N) is 1. The number of carbonyl (C=O) groups is 1. The summed E-state index contributed by atoms with van der Waals surface area (Å²) in [6, 6.07) is 5.74. The summed E-state index contributed by atoms with van der Waals surface area (Å²) in [6.45, 7) is 1.80. The van der Waals surface area contributed by atoms with Crippen molar-refractivity contribution in [2.45, 2.75) is 6.92 Å². The number of aromatic amines is 1. The highest BCUT2D eigenvalue weighted by molar-refractivity contribution is 6.07. The van der Waals surface area contributed by atoms with Gasteiger partial charge in [0.1, 0.15) is 5.82 Å². The predicted molar refractivity (Wildman–Crippen MR) is 62.1 cm³/mol. The van der Waals surface area contributed by atoms with Crippen LogP contribution in [0, 0.1) is 12.7 Å². The van der Waals surface area contributed by atoms with Gasteiger partial charge in [0.15, 0.2) is 5.82 Å². The average Bonchev–Trinajstić information content (AvgIpc) is 2.68. The number of nitrogens with zero attached hydrogens (tertiary/aromatic N) is 1. The first kappa shape index (κ1) is 11.1. The average molecular weight is 234 g/mol. The predicted octanol–water partition coefficient (Wildman–Crippen LogP) is 1.69. The van der Waals surface area contributed by atoms with Gasteiger partial charge in [0.25, 0.3) is 5.91 Å². The Balaban J connectivity index is 2.23. The summed E-state index contributed by atoms with van der Waals surface area (Å²) in [5, 5.41) is 9.04. The SMILES string of the molecule is Cc1cc(NC(=O)c2cccc(F)c2N)n[nH]1. The molecule has 0 aliphatic rings. The van der Waals surface area contributed by atoms with Crippen molar-refractivity contribution in [3.8, 4) is 0 Å². The fraction of sp³-hybridized carbons (Fsp3) is 0.0909. The van der Waals surface area contributed by atoms with Crippen LogP contribution in [0.2, 0.25) is 0 Å². The maximum Gasteiger partial charge on any atom is 0.259 e. The fourth-order valence-corrected chi connectivity index (χ4v) is 1.40. The zero-order valence-electron chi connectivity index (χ0n) is 9.12. The molecule has 0 aliphatic heterocycles. The minimum atomic E-state index is -0.615. The highest BCUT2D eigenvalue weighted by Crippen LogP contribution is 2.17. The number of nitrogens with one attached hydrogen (secondary N) is 2. The van der Waals surface area contributed by atoms with Gasteiger partial charge in [-0.2, -0.15) is 5.10 Å². The molecular formula is C11H11FN4O. The van der Waals surface area contributed by atoms with Crippen LogP contribution in [0.4, 0.5) is 15.9 Å². The lowest BCUT2D eigenvalue weighted by Crippen LogP contribution is -2.15. The van der Waals surface area contributed by atoms with E-state index in [9.17, 15) is 9.18 Å². The van der Waals surface area contributed by atoms with Crippen LogP contribution in [0.15, 0.2) is 24.3 Å². The Bertz CT molecular complexity index is 564. The first-order valence-corrected chi connectivity index (χ1v) is 4.95. The Kier molecular flexibility index (Phi) is 2.78. The highest BCUT2D eigenvalue weighted by Gasteiger charge is 2.13. The molecule has 2 rings (SSSR count). The molecule has 0 saturated carbocycles. The summed E-state index contributed by atoms with van der Waals surface area (Å²) in [4.78, 5) is 11.8. The molecule has 0 unspecified atom stereocenters. The summed E-state index contributed by atoms with van der Waals surface area (Å²) >= 11 is 0. The zero-order valence-corrected chi connectivity index (χ0v) is 9.12. The molecule has 6 heteroatoms. The van der Waals surface area contributed by atoms with Crippen LogP contribution in [-0.4, -0.2) is 16.1 Å². The Morgan fingerprint density at radius 3 is 2.94 bits per heavy atom. The minimum Gasteiger partial charge on any atom is -0.396 e. The van der Waals surface area contributed by atoms with Crippen molar-refractivity contribution in [2.75, 3.05) is 11.1 Å². The Morgan fingerprint density at radius 1 is 1.53 bits per heavy atom. The number of anilines is 2. The van der Waals surface area contributed by atoms with Crippen LogP contribution in [0.25, 0.3) is 0 Å². The third kappa shape index (κ3) is 2.25. The summed E-state index contributed by atoms with van der Waals surface area (Å²) in [6.07, 6.45) is 0. The molecule has 1 aromatic heterocycles. The van der Waals surface area contributed by atoms with E-state index in [1.54, 1.807) is 13.0 Å². The van der Waals surface area contributed by atoms with E-state index in [1.165, 1.54) is 18.2 Å². The monoisotopic (exact) mass is 234 g/mol. The summed E-state index contributed by atoms with van der Waals surface area (Å²) in [7, 11) is 0. The number of H-pyrrole nitrogens is 1. The summed E-state index contributed by atoms with van der Waals surface area (Å²) < 4.78 is 13.2. The number of nitrogen functional groups attached to an aromatic ring is 1. The first-order valence-electron chi connectivity index (χ1n) is 4.95. The standard InChI is InChI=1S/C11H11FN4O/c1-6-5-9(16-15-6)14-11(17)7-3-2-4-8(12)10(7)13/h2-5H,13H2,1H3,(H2,14,15,16,17). The molecular weight excluding hydrogens is 223 g/mol. The minimum absolute atomic E-state index is 0.0886. The third-order valence-electron chi connectivity index (χ3n) is 2.25. The molecule has 1 heterocycles. The van der Waals surface area contributed by atoms with Gasteiger partial charge >= 0.3 is 0 Å². The van der Waals surface area contributed by atoms with Crippen molar-refractivity contribution in [1.82, 2.24) is 10.2 Å². The summed E-state index contributed by atoms with van der Waals surface area (Å²) in [5.41, 5.74) is 6.21. The number of benzene rings is 1. The molecule has 0 fully saturated rings. The molecule has 0 radical (unpaired) electrons. The third-order valence-corrected chi connectivity index (χ3v) is 2.25. The molecule has 5 nitrogen and oxygen atoms in total. The number of para-hydroxylation sites is 1. The second kappa shape index (κ2) is 4.25. The van der Waals surface area contributed by atoms with E-state index in [2.05, 4.69) is 15.5 Å². The molecule has 0 spiro atoms. The topological polar surface area (TPSA) is 83.8 Å². The zero-order chi connectivity index (χ0) is 12.4. The number of halogens is 1. The Hall–Kier alpha value is -2.37. The lowest BCUT2D eigenvalue weighted by Gasteiger charge is -2.05. The van der Waals surface area contributed by atoms with Gasteiger partial charge in [-0.25, -0.2) is 4.39 Å². The normalized spacial score (nSPS) is 10.2. The molecule has 0 bridgehead atoms. The van der Waals surface area contributed by atoms with Crippen molar-refractivity contribution < 1.29 is 9.18 Å². The maximum absolute atomic E-state index is 13.2. The van der Waals surface area contributed by atoms with Gasteiger partial charge in [-0.15, -0.1) is 0 Å². The van der Waals surface area contributed by atoms with E-state index < -0.39 is 11.7 Å². The van der Waals surface area contributed by atoms with Crippen molar-refractivity contribution in [1.29, 1.82) is 0 Å². The Labute approximate surface area is 96.8 Å². The lowest BCUT2D eigenvalue weighted by atomic mass is 10.1. The number of hydrogen-bond donors (Lipinski definition) is 3. The van der Waals surface area contributed by atoms with E-state index >= 15 is 0 Å². The molecule has 2 aromatic rings. The smallest absolute Gasteiger partial charge is 0.259 e. The number of rotatable bonds is 2. The largest absolute Gasteiger partial charge is 0.396 e. The molecule has 0 aliphatic carbocycles. The van der Waals surface area contributed by atoms with Crippen molar-refractivity contribution in [2.24, 2.45) is 0 Å². The molecule has 0 saturated heterocycles. The van der Waals surface area contributed by atoms with Gasteiger partial charge in [0.05, 0.1) is 11.3 Å². The second-order valence-electron chi connectivity index (χ2n) is 3.59. The van der Waals surface area contributed by atoms with Gasteiger partial charge < -0.3 is 11.1 Å². The highest BCUT2D eigenvalue weighted by atomic mass is 19.1. The molecule has 17 heavy (non-hydrogen) atoms. The van der Waals surface area contributed by atoms with Crippen LogP contribution >= 0.6 is 0 Å². The van der Waals surface area contributed by atoms with Gasteiger partial charge in [0, 0.05) is 11.8 Å². The molecule has 88 valence electrons. The molecule has 1 aromatic carbocycles. The summed E-state index contributed by atoms with van der Waals surface area (Å²) in [5.74, 6) is -0.736. The van der Waals surface area contributed by atoms with E-state index in [-0.39, 0.29) is 11.3 Å². The molecule has 4 N–H and O–H groups in total. The molecule has 0 atom stereocenters. The van der Waals surface area contributed by atoms with Crippen LogP contribution in [0.3, 0.4) is 0 Å². The Morgan fingerprint density at radius 2 is 2.29 bits per heavy atom. The number of aryl methyl sites for hydroxylation is 1. The van der Waals surface area contributed by atoms with Crippen molar-refractivity contribution in [3.63, 3.8) is 0 Å². The van der Waals surface area contributed by atoms with Gasteiger partial charge in [-0.1, -0.05) is 6.07 Å². The van der Waals surface area contributed by atoms with E-state index in [1.807, 2.05) is 0 Å². The quantitative estimate of drug-likeness (QED) is 0.691. The van der Waals surface area contributed by atoms with Gasteiger partial charge in [-0.05, 0) is 19.1 Å². The van der Waals surface area contributed by atoms with E-state index in [0.29, 0.717) is 5.82 Å². The van der Waals surface area contributed by atoms with Crippen molar-refractivity contribution >= 4 is 17.4 Å². The number of amides is 1.